The monoisotopic (exact) mass is 1600 g/mol. The van der Waals surface area contributed by atoms with Crippen LogP contribution in [0, 0.1) is 15.9 Å². The van der Waals surface area contributed by atoms with Gasteiger partial charge in [0.2, 0.25) is 57.2 Å². The standard InChI is InChI=1S/C13H15NO2.C11H14N2O2.C11H15NO2.C11H13NO.C10H10F3NO.C9H10BrNO.C9H10FNO.C9H10N2O3/c1-16-13-4-2-3-12(9-13)11-5-7-14(10-15)8-6-11;1-9(15)13-11-4-2-3-10(7-11)5-6-12-8-14;1-14-11-7-3-2-5-10(11)6-4-8-12-9-13;13-9-12-7-5-10-3-1-2-4-11(10)6-8-12;11-10(12,13)9-3-1-2-8(6-9)4-5-14-7-15;2*10-9-3-1-2-8(6-9)4-5-11-7-12;12-7-10-5-4-8-2-1-3-9(6-8)11(13)14/h2-5,9-10H,6-8H2,1H3;2-4,7-8H,5-6H2,1H3,(H,12,14)(H,13,15);2-3,5,7,9H,4,6,8H2,1H3,(H,12,13);1-4,9H,5-8H2;1-3,6-7H,4-5H2,(H,14,15);2*1-3,6-7H,4-5H2,(H,11,12);1-3,6-7H,4-5H2,(H,10,12). The number of aryl methyl sites for hydroxylation is 1. The number of non-ortho nitro benzene ring substituents is 1. The van der Waals surface area contributed by atoms with Gasteiger partial charge in [-0.1, -0.05) is 143 Å². The summed E-state index contributed by atoms with van der Waals surface area (Å²) in [5, 5.41) is 28.4. The summed E-state index contributed by atoms with van der Waals surface area (Å²) in [5.41, 5.74) is 11.2. The molecule has 0 saturated heterocycles. The second kappa shape index (κ2) is 57.1. The van der Waals surface area contributed by atoms with Gasteiger partial charge >= 0.3 is 6.18 Å². The van der Waals surface area contributed by atoms with Crippen LogP contribution in [0.2, 0.25) is 0 Å². The van der Waals surface area contributed by atoms with Gasteiger partial charge in [-0.15, -0.1) is 0 Å². The van der Waals surface area contributed by atoms with Gasteiger partial charge in [-0.3, -0.25) is 53.3 Å². The lowest BCUT2D eigenvalue weighted by Gasteiger charge is -2.22. The molecule has 10 rings (SSSR count). The Balaban J connectivity index is 0.000000329. The molecular weight excluding hydrogens is 1500 g/mol. The first-order chi connectivity index (χ1) is 53.8. The second-order valence-corrected chi connectivity index (χ2v) is 25.0. The minimum absolute atomic E-state index is 0.0774. The average molecular weight is 1600 g/mol. The van der Waals surface area contributed by atoms with Crippen molar-refractivity contribution in [3.8, 4) is 11.5 Å². The van der Waals surface area contributed by atoms with Crippen LogP contribution in [-0.2, 0) is 101 Å². The molecule has 0 fully saturated rings. The fourth-order valence-electron chi connectivity index (χ4n) is 10.5. The number of para-hydroxylation sites is 1. The lowest BCUT2D eigenvalue weighted by Crippen LogP contribution is -2.26. The van der Waals surface area contributed by atoms with Crippen molar-refractivity contribution in [2.24, 2.45) is 0 Å². The van der Waals surface area contributed by atoms with Crippen molar-refractivity contribution in [3.05, 3.63) is 276 Å². The predicted molar refractivity (Wildman–Crippen MR) is 425 cm³/mol. The molecule has 8 aromatic rings. The molecule has 0 saturated carbocycles. The SMILES string of the molecule is CC(=O)Nc1cccc(CCNC=O)c1.COc1cccc(C2=CCN(C=O)CC2)c1.COc1ccccc1CCCNC=O.O=CN1CCc2ccccc2CC1.O=CNCCc1cccc(Br)c1.O=CNCCc1cccc(C(F)(F)F)c1.O=CNCCc1cccc(F)c1.O=CNCCc1cccc([N+](=O)[O-])c1. The molecule has 0 aromatic heterocycles. The summed E-state index contributed by atoms with van der Waals surface area (Å²) in [5.74, 6) is 1.46. The number of hydrogen-bond acceptors (Lipinski definition) is 13. The fourth-order valence-corrected chi connectivity index (χ4v) is 11.0. The minimum Gasteiger partial charge on any atom is -0.497 e. The second-order valence-electron chi connectivity index (χ2n) is 24.1. The van der Waals surface area contributed by atoms with E-state index in [9.17, 15) is 70.8 Å². The number of benzene rings is 8. The zero-order chi connectivity index (χ0) is 81.1. The zero-order valence-electron chi connectivity index (χ0n) is 62.4. The lowest BCUT2D eigenvalue weighted by atomic mass is 9.99. The molecule has 0 unspecified atom stereocenters. The number of fused-ring (bicyclic) bond motifs is 1. The van der Waals surface area contributed by atoms with Crippen LogP contribution in [0.3, 0.4) is 0 Å². The van der Waals surface area contributed by atoms with Crippen LogP contribution in [0.5, 0.6) is 11.5 Å². The van der Waals surface area contributed by atoms with Gasteiger partial charge in [0.1, 0.15) is 17.3 Å². The molecule has 592 valence electrons. The normalized spacial score (nSPS) is 11.3. The third-order valence-corrected chi connectivity index (χ3v) is 16.6. The van der Waals surface area contributed by atoms with E-state index in [0.717, 1.165) is 141 Å². The number of amides is 9. The Morgan fingerprint density at radius 3 is 1.46 bits per heavy atom. The Kier molecular flexibility index (Phi) is 47.9. The smallest absolute Gasteiger partial charge is 0.416 e. The van der Waals surface area contributed by atoms with Crippen LogP contribution in [-0.4, -0.2) is 152 Å². The van der Waals surface area contributed by atoms with Crippen LogP contribution in [0.4, 0.5) is 28.9 Å². The van der Waals surface area contributed by atoms with Crippen molar-refractivity contribution < 1.29 is 75.1 Å². The number of nitro benzene ring substituents is 1. The molecule has 2 heterocycles. The van der Waals surface area contributed by atoms with Crippen LogP contribution < -0.4 is 46.7 Å². The van der Waals surface area contributed by atoms with Gasteiger partial charge in [0, 0.05) is 94.7 Å². The molecule has 8 aromatic carbocycles. The maximum absolute atomic E-state index is 12.6. The first kappa shape index (κ1) is 93.1. The molecule has 28 heteroatoms. The van der Waals surface area contributed by atoms with Crippen molar-refractivity contribution in [1.29, 1.82) is 0 Å². The Morgan fingerprint density at radius 2 is 0.973 bits per heavy atom. The van der Waals surface area contributed by atoms with Crippen molar-refractivity contribution in [1.82, 2.24) is 41.7 Å². The summed E-state index contributed by atoms with van der Waals surface area (Å²) in [7, 11) is 3.34. The number of anilines is 1. The number of carbonyl (C=O) groups excluding carboxylic acids is 9. The molecule has 2 aliphatic rings. The van der Waals surface area contributed by atoms with Gasteiger partial charge in [0.05, 0.1) is 24.7 Å². The summed E-state index contributed by atoms with van der Waals surface area (Å²) in [6, 6.07) is 57.8. The number of nitro groups is 1. The van der Waals surface area contributed by atoms with Gasteiger partial charge in [0.25, 0.3) is 5.69 Å². The average Bonchev–Trinajstić information content (AvgIpc) is 1.45. The summed E-state index contributed by atoms with van der Waals surface area (Å²) >= 11 is 3.38. The number of halogens is 5. The topological polar surface area (TPSA) is 306 Å². The Labute approximate surface area is 653 Å². The van der Waals surface area contributed by atoms with Crippen molar-refractivity contribution >= 4 is 90.1 Å². The quantitative estimate of drug-likeness (QED) is 0.00679. The number of nitrogens with one attached hydrogen (secondary N) is 7. The highest BCUT2D eigenvalue weighted by molar-refractivity contribution is 9.10. The Bertz CT molecular complexity index is 4040. The highest BCUT2D eigenvalue weighted by atomic mass is 79.9. The van der Waals surface area contributed by atoms with E-state index in [2.05, 4.69) is 89.6 Å². The van der Waals surface area contributed by atoms with Crippen LogP contribution in [0.1, 0.15) is 75.4 Å². The van der Waals surface area contributed by atoms with Crippen LogP contribution >= 0.6 is 15.9 Å². The number of carbonyl (C=O) groups is 9. The third kappa shape index (κ3) is 41.7. The number of hydrogen-bond donors (Lipinski definition) is 7. The van der Waals surface area contributed by atoms with Gasteiger partial charge in [-0.05, 0) is 181 Å². The first-order valence-electron chi connectivity index (χ1n) is 35.4. The van der Waals surface area contributed by atoms with Gasteiger partial charge in [-0.2, -0.15) is 13.2 Å². The number of ether oxygens (including phenoxy) is 2. The number of rotatable bonds is 32. The molecule has 2 aliphatic heterocycles. The number of alkyl halides is 3. The van der Waals surface area contributed by atoms with Crippen molar-refractivity contribution in [3.63, 3.8) is 0 Å². The van der Waals surface area contributed by atoms with E-state index >= 15 is 0 Å². The number of nitrogens with zero attached hydrogens (tertiary/aromatic N) is 3. The summed E-state index contributed by atoms with van der Waals surface area (Å²) < 4.78 is 60.9. The highest BCUT2D eigenvalue weighted by Crippen LogP contribution is 2.30. The molecule has 23 nitrogen and oxygen atoms in total. The van der Waals surface area contributed by atoms with Gasteiger partial charge in [0.15, 0.2) is 0 Å². The van der Waals surface area contributed by atoms with Gasteiger partial charge < -0.3 is 56.5 Å². The maximum atomic E-state index is 12.6. The molecule has 0 spiro atoms. The first-order valence-corrected chi connectivity index (χ1v) is 36.2. The van der Waals surface area contributed by atoms with E-state index in [-0.39, 0.29) is 17.4 Å². The molecule has 111 heavy (non-hydrogen) atoms. The van der Waals surface area contributed by atoms with Crippen LogP contribution in [0.25, 0.3) is 5.57 Å². The Hall–Kier alpha value is -12.1. The van der Waals surface area contributed by atoms with Crippen LogP contribution in [0.15, 0.2) is 205 Å². The number of methoxy groups -OCH3 is 2. The molecule has 9 amide bonds. The van der Waals surface area contributed by atoms with E-state index in [4.69, 9.17) is 9.47 Å². The van der Waals surface area contributed by atoms with E-state index in [0.29, 0.717) is 96.3 Å². The maximum Gasteiger partial charge on any atom is 0.416 e. The van der Waals surface area contributed by atoms with E-state index in [1.807, 2.05) is 102 Å². The largest absolute Gasteiger partial charge is 0.497 e. The molecular formula is C83H97BrF4N10O13. The third-order valence-electron chi connectivity index (χ3n) is 16.1. The molecule has 7 N–H and O–H groups in total. The van der Waals surface area contributed by atoms with Crippen molar-refractivity contribution in [2.75, 3.05) is 85.0 Å². The molecule has 0 bridgehead atoms. The zero-order valence-corrected chi connectivity index (χ0v) is 63.9. The summed E-state index contributed by atoms with van der Waals surface area (Å²) in [6.45, 7) is 8.08. The fraction of sp³-hybridized carbons (Fsp3) is 0.289. The summed E-state index contributed by atoms with van der Waals surface area (Å²) in [6.07, 6.45) is 11.6. The van der Waals surface area contributed by atoms with Gasteiger partial charge in [-0.25, -0.2) is 4.39 Å². The minimum atomic E-state index is -4.31. The van der Waals surface area contributed by atoms with E-state index in [1.54, 1.807) is 43.4 Å². The molecule has 0 aliphatic carbocycles. The molecule has 0 atom stereocenters. The van der Waals surface area contributed by atoms with E-state index < -0.39 is 16.7 Å². The highest BCUT2D eigenvalue weighted by Gasteiger charge is 2.30. The van der Waals surface area contributed by atoms with E-state index in [1.165, 1.54) is 70.6 Å². The van der Waals surface area contributed by atoms with Crippen molar-refractivity contribution in [2.45, 2.75) is 77.3 Å². The Morgan fingerprint density at radius 1 is 0.505 bits per heavy atom. The summed E-state index contributed by atoms with van der Waals surface area (Å²) in [4.78, 5) is 105. The lowest BCUT2D eigenvalue weighted by molar-refractivity contribution is -0.384. The predicted octanol–water partition coefficient (Wildman–Crippen LogP) is 11.2. The molecule has 0 radical (unpaired) electrons.